The number of para-hydroxylation sites is 1. The van der Waals surface area contributed by atoms with E-state index in [0.29, 0.717) is 11.4 Å². The van der Waals surface area contributed by atoms with Crippen molar-refractivity contribution in [2.75, 3.05) is 18.2 Å². The Hall–Kier alpha value is -3.24. The van der Waals surface area contributed by atoms with Crippen LogP contribution >= 0.6 is 0 Å². The maximum Gasteiger partial charge on any atom is 0.354 e. The smallest absolute Gasteiger partial charge is 0.354 e. The Balaban J connectivity index is 1.52. The molecule has 1 heterocycles. The Bertz CT molecular complexity index is 1020. The summed E-state index contributed by atoms with van der Waals surface area (Å²) in [4.78, 5) is 24.3. The maximum atomic E-state index is 12.2. The molecule has 0 aliphatic carbocycles. The van der Waals surface area contributed by atoms with Gasteiger partial charge in [0.1, 0.15) is 24.7 Å². The zero-order valence-electron chi connectivity index (χ0n) is 15.4. The number of hydrogen-bond acceptors (Lipinski definition) is 7. The summed E-state index contributed by atoms with van der Waals surface area (Å²) in [5.74, 6) is -0.407. The molecule has 2 aromatic rings. The molecule has 9 nitrogen and oxygen atoms in total. The fraction of sp³-hybridized carbons (Fsp3) is 0.211. The number of esters is 1. The highest BCUT2D eigenvalue weighted by Gasteiger charge is 2.26. The van der Waals surface area contributed by atoms with Crippen LogP contribution in [0.25, 0.3) is 0 Å². The lowest BCUT2D eigenvalue weighted by atomic mass is 10.1. The van der Waals surface area contributed by atoms with Crippen molar-refractivity contribution in [2.24, 2.45) is 10.2 Å². The molecule has 2 aromatic carbocycles. The van der Waals surface area contributed by atoms with Crippen molar-refractivity contribution in [3.8, 4) is 5.75 Å². The molecule has 152 valence electrons. The van der Waals surface area contributed by atoms with Crippen molar-refractivity contribution in [1.29, 1.82) is 0 Å². The summed E-state index contributed by atoms with van der Waals surface area (Å²) in [6.07, 6.45) is 0.368. The molecule has 1 aliphatic heterocycles. The summed E-state index contributed by atoms with van der Waals surface area (Å²) < 4.78 is 33.0. The monoisotopic (exact) mass is 417 g/mol. The van der Waals surface area contributed by atoms with E-state index < -0.39 is 16.0 Å². The van der Waals surface area contributed by atoms with Gasteiger partial charge in [0.2, 0.25) is 15.9 Å². The number of benzene rings is 2. The lowest BCUT2D eigenvalue weighted by molar-refractivity contribution is -0.136. The predicted molar refractivity (Wildman–Crippen MR) is 105 cm³/mol. The van der Waals surface area contributed by atoms with Crippen molar-refractivity contribution >= 4 is 33.3 Å². The molecule has 0 unspecified atom stereocenters. The van der Waals surface area contributed by atoms with Gasteiger partial charge in [-0.15, -0.1) is 0 Å². The fourth-order valence-electron chi connectivity index (χ4n) is 2.57. The Morgan fingerprint density at radius 2 is 1.72 bits per heavy atom. The topological polar surface area (TPSA) is 128 Å². The standard InChI is InChI=1S/C19H19N3O6S/c20-29(25,26)16-8-6-15(7-9-16)27-12-13-28-19(24)17-10-11-18(23)22(21-17)14-4-2-1-3-5-14/h1-9H,10-13H2,(H2,20,25,26). The van der Waals surface area contributed by atoms with Gasteiger partial charge in [0.05, 0.1) is 10.6 Å². The number of carbonyl (C=O) groups excluding carboxylic acids is 2. The van der Waals surface area contributed by atoms with Gasteiger partial charge in [-0.3, -0.25) is 4.79 Å². The molecule has 10 heteroatoms. The number of carbonyl (C=O) groups is 2. The molecule has 2 N–H and O–H groups in total. The second-order valence-electron chi connectivity index (χ2n) is 6.09. The first-order valence-electron chi connectivity index (χ1n) is 8.73. The maximum absolute atomic E-state index is 12.2. The number of rotatable bonds is 7. The number of nitrogens with two attached hydrogens (primary N) is 1. The number of hydrogen-bond donors (Lipinski definition) is 1. The van der Waals surface area contributed by atoms with Gasteiger partial charge >= 0.3 is 5.97 Å². The van der Waals surface area contributed by atoms with Gasteiger partial charge in [-0.2, -0.15) is 5.10 Å². The normalized spacial score (nSPS) is 14.3. The first-order chi connectivity index (χ1) is 13.8. The predicted octanol–water partition coefficient (Wildman–Crippen LogP) is 1.44. The van der Waals surface area contributed by atoms with E-state index in [4.69, 9.17) is 14.6 Å². The second kappa shape index (κ2) is 8.84. The highest BCUT2D eigenvalue weighted by atomic mass is 32.2. The molecule has 1 amide bonds. The highest BCUT2D eigenvalue weighted by molar-refractivity contribution is 7.89. The molecule has 0 atom stereocenters. The van der Waals surface area contributed by atoms with Crippen molar-refractivity contribution in [1.82, 2.24) is 0 Å². The molecule has 1 aliphatic rings. The third-order valence-corrected chi connectivity index (χ3v) is 4.94. The van der Waals surface area contributed by atoms with Crippen molar-refractivity contribution < 1.29 is 27.5 Å². The third kappa shape index (κ3) is 5.39. The molecule has 0 aromatic heterocycles. The highest BCUT2D eigenvalue weighted by Crippen LogP contribution is 2.20. The van der Waals surface area contributed by atoms with E-state index in [9.17, 15) is 18.0 Å². The van der Waals surface area contributed by atoms with E-state index in [1.807, 2.05) is 6.07 Å². The number of primary sulfonamides is 1. The van der Waals surface area contributed by atoms with Crippen LogP contribution in [-0.4, -0.2) is 39.2 Å². The lowest BCUT2D eigenvalue weighted by Crippen LogP contribution is -2.35. The Morgan fingerprint density at radius 1 is 1.03 bits per heavy atom. The van der Waals surface area contributed by atoms with Crippen LogP contribution in [0.3, 0.4) is 0 Å². The second-order valence-corrected chi connectivity index (χ2v) is 7.65. The third-order valence-electron chi connectivity index (χ3n) is 4.01. The molecular weight excluding hydrogens is 398 g/mol. The largest absolute Gasteiger partial charge is 0.490 e. The van der Waals surface area contributed by atoms with Gasteiger partial charge in [-0.1, -0.05) is 18.2 Å². The first kappa shape index (κ1) is 20.5. The number of anilines is 1. The van der Waals surface area contributed by atoms with Gasteiger partial charge in [0, 0.05) is 12.8 Å². The summed E-state index contributed by atoms with van der Waals surface area (Å²) in [7, 11) is -3.76. The number of hydrazone groups is 1. The van der Waals surface area contributed by atoms with E-state index in [1.54, 1.807) is 24.3 Å². The summed E-state index contributed by atoms with van der Waals surface area (Å²) in [6.45, 7) is 0.0309. The molecule has 29 heavy (non-hydrogen) atoms. The summed E-state index contributed by atoms with van der Waals surface area (Å²) in [5.41, 5.74) is 0.736. The van der Waals surface area contributed by atoms with E-state index in [2.05, 4.69) is 5.10 Å². The van der Waals surface area contributed by atoms with Crippen LogP contribution < -0.4 is 14.9 Å². The molecule has 0 bridgehead atoms. The Morgan fingerprint density at radius 3 is 2.38 bits per heavy atom. The van der Waals surface area contributed by atoms with Gasteiger partial charge in [-0.25, -0.2) is 23.4 Å². The van der Waals surface area contributed by atoms with Gasteiger partial charge in [-0.05, 0) is 36.4 Å². The number of sulfonamides is 1. The Labute approximate surface area is 167 Å². The average molecular weight is 417 g/mol. The van der Waals surface area contributed by atoms with E-state index >= 15 is 0 Å². The molecule has 0 saturated heterocycles. The fourth-order valence-corrected chi connectivity index (χ4v) is 3.09. The van der Waals surface area contributed by atoms with Crippen LogP contribution in [0.5, 0.6) is 5.75 Å². The molecule has 0 saturated carbocycles. The van der Waals surface area contributed by atoms with Crippen molar-refractivity contribution in [3.05, 3.63) is 54.6 Å². The van der Waals surface area contributed by atoms with Crippen LogP contribution in [0.4, 0.5) is 5.69 Å². The minimum absolute atomic E-state index is 0.0240. The zero-order valence-corrected chi connectivity index (χ0v) is 16.2. The van der Waals surface area contributed by atoms with Crippen molar-refractivity contribution in [2.45, 2.75) is 17.7 Å². The number of nitrogens with zero attached hydrogens (tertiary/aromatic N) is 2. The van der Waals surface area contributed by atoms with Crippen molar-refractivity contribution in [3.63, 3.8) is 0 Å². The SMILES string of the molecule is NS(=O)(=O)c1ccc(OCCOC(=O)C2=NN(c3ccccc3)C(=O)CC2)cc1. The molecule has 0 radical (unpaired) electrons. The molecule has 0 fully saturated rings. The van der Waals surface area contributed by atoms with Crippen LogP contribution in [0, 0.1) is 0 Å². The van der Waals surface area contributed by atoms with Crippen LogP contribution in [0.1, 0.15) is 12.8 Å². The minimum Gasteiger partial charge on any atom is -0.490 e. The minimum atomic E-state index is -3.76. The zero-order chi connectivity index (χ0) is 20.9. The van der Waals surface area contributed by atoms with Gasteiger partial charge < -0.3 is 9.47 Å². The van der Waals surface area contributed by atoms with Crippen LogP contribution in [0.2, 0.25) is 0 Å². The first-order valence-corrected chi connectivity index (χ1v) is 10.3. The van der Waals surface area contributed by atoms with E-state index in [1.165, 1.54) is 29.3 Å². The number of amides is 1. The molecule has 0 spiro atoms. The van der Waals surface area contributed by atoms with Gasteiger partial charge in [0.25, 0.3) is 0 Å². The molecular formula is C19H19N3O6S. The summed E-state index contributed by atoms with van der Waals surface area (Å²) >= 11 is 0. The summed E-state index contributed by atoms with van der Waals surface area (Å²) in [6, 6.07) is 14.4. The summed E-state index contributed by atoms with van der Waals surface area (Å²) in [5, 5.41) is 10.3. The van der Waals surface area contributed by atoms with Crippen LogP contribution in [-0.2, 0) is 24.3 Å². The Kier molecular flexibility index (Phi) is 6.25. The van der Waals surface area contributed by atoms with E-state index in [-0.39, 0.29) is 42.6 Å². The average Bonchev–Trinajstić information content (AvgIpc) is 2.72. The van der Waals surface area contributed by atoms with Crippen LogP contribution in [0.15, 0.2) is 64.6 Å². The van der Waals surface area contributed by atoms with Gasteiger partial charge in [0.15, 0.2) is 0 Å². The van der Waals surface area contributed by atoms with E-state index in [0.717, 1.165) is 0 Å². The lowest BCUT2D eigenvalue weighted by Gasteiger charge is -2.22. The quantitative estimate of drug-likeness (QED) is 0.536. The molecule has 3 rings (SSSR count). The number of ether oxygens (including phenoxy) is 2.